The molecule has 8 nitrogen and oxygen atoms in total. The molecule has 0 aliphatic carbocycles. The summed E-state index contributed by atoms with van der Waals surface area (Å²) in [6, 6.07) is 2.61. The third-order valence-electron chi connectivity index (χ3n) is 5.81. The normalized spacial score (nSPS) is 17.7. The number of rotatable bonds is 11. The molecule has 204 valence electrons. The molecule has 0 aromatic heterocycles. The van der Waals surface area contributed by atoms with Gasteiger partial charge in [-0.3, -0.25) is 4.79 Å². The molecular weight excluding hydrogens is 511 g/mol. The van der Waals surface area contributed by atoms with Gasteiger partial charge in [-0.2, -0.15) is 24.9 Å². The second-order valence-corrected chi connectivity index (χ2v) is 9.42. The van der Waals surface area contributed by atoms with Crippen molar-refractivity contribution in [1.29, 1.82) is 0 Å². The Morgan fingerprint density at radius 3 is 2.14 bits per heavy atom. The zero-order chi connectivity index (χ0) is 27.9. The van der Waals surface area contributed by atoms with Gasteiger partial charge in [0, 0.05) is 11.4 Å². The number of dihydropyridines is 1. The van der Waals surface area contributed by atoms with E-state index >= 15 is 0 Å². The van der Waals surface area contributed by atoms with Crippen LogP contribution in [-0.4, -0.2) is 55.0 Å². The lowest BCUT2D eigenvalue weighted by Crippen LogP contribution is -2.46. The molecule has 0 radical (unpaired) electrons. The minimum absolute atomic E-state index is 0.0283. The minimum Gasteiger partial charge on any atom is -0.463 e. The van der Waals surface area contributed by atoms with Gasteiger partial charge in [-0.15, -0.1) is 0 Å². The summed E-state index contributed by atoms with van der Waals surface area (Å²) in [6.07, 6.45) is -2.51. The molecule has 37 heavy (non-hydrogen) atoms. The van der Waals surface area contributed by atoms with Crippen LogP contribution in [0.4, 0.5) is 13.2 Å². The summed E-state index contributed by atoms with van der Waals surface area (Å²) in [5.41, 5.74) is 10.5. The molecule has 1 heterocycles. The van der Waals surface area contributed by atoms with Gasteiger partial charge in [-0.1, -0.05) is 18.2 Å². The Hall–Kier alpha value is -2.83. The van der Waals surface area contributed by atoms with Gasteiger partial charge in [0.15, 0.2) is 5.78 Å². The first-order valence-corrected chi connectivity index (χ1v) is 13.0. The number of Topliss-reactive ketones (excluding diaryl/α,β-unsaturated/α-hetero) is 1. The van der Waals surface area contributed by atoms with Crippen LogP contribution in [0, 0.1) is 0 Å². The Labute approximate surface area is 218 Å². The molecular formula is C25H32F3N3O5S. The number of thioether (sulfide) groups is 1. The van der Waals surface area contributed by atoms with Crippen LogP contribution in [0.25, 0.3) is 0 Å². The van der Waals surface area contributed by atoms with E-state index in [1.54, 1.807) is 6.92 Å². The number of carbonyl (C=O) groups is 3. The molecule has 0 saturated carbocycles. The van der Waals surface area contributed by atoms with Crippen molar-refractivity contribution in [3.05, 3.63) is 57.9 Å². The summed E-state index contributed by atoms with van der Waals surface area (Å²) in [5.74, 6) is -3.21. The quantitative estimate of drug-likeness (QED) is 0.360. The van der Waals surface area contributed by atoms with E-state index < -0.39 is 54.1 Å². The molecule has 5 N–H and O–H groups in total. The van der Waals surface area contributed by atoms with Crippen LogP contribution in [0.1, 0.15) is 44.2 Å². The highest BCUT2D eigenvalue weighted by molar-refractivity contribution is 7.98. The van der Waals surface area contributed by atoms with Crippen LogP contribution >= 0.6 is 11.8 Å². The highest BCUT2D eigenvalue weighted by atomic mass is 32.2. The molecule has 0 spiro atoms. The summed E-state index contributed by atoms with van der Waals surface area (Å²) in [7, 11) is 0. The number of esters is 2. The lowest BCUT2D eigenvalue weighted by atomic mass is 9.78. The van der Waals surface area contributed by atoms with Crippen LogP contribution < -0.4 is 16.8 Å². The third kappa shape index (κ3) is 7.36. The van der Waals surface area contributed by atoms with E-state index in [1.165, 1.54) is 43.8 Å². The van der Waals surface area contributed by atoms with Crippen LogP contribution in [0.15, 0.2) is 46.8 Å². The Morgan fingerprint density at radius 2 is 1.59 bits per heavy atom. The van der Waals surface area contributed by atoms with Crippen LogP contribution in [0.2, 0.25) is 0 Å². The molecule has 3 atom stereocenters. The molecule has 1 aliphatic heterocycles. The highest BCUT2D eigenvalue weighted by Crippen LogP contribution is 2.44. The molecule has 1 aromatic carbocycles. The fraction of sp³-hybridized carbons (Fsp3) is 0.480. The van der Waals surface area contributed by atoms with Crippen molar-refractivity contribution in [2.75, 3.05) is 25.2 Å². The molecule has 12 heteroatoms. The number of ether oxygens (including phenoxy) is 2. The van der Waals surface area contributed by atoms with Gasteiger partial charge in [0.2, 0.25) is 0 Å². The van der Waals surface area contributed by atoms with Gasteiger partial charge in [0.05, 0.1) is 41.3 Å². The fourth-order valence-corrected chi connectivity index (χ4v) is 4.54. The maximum absolute atomic E-state index is 14.0. The van der Waals surface area contributed by atoms with Crippen molar-refractivity contribution in [1.82, 2.24) is 5.32 Å². The number of nitrogens with two attached hydrogens (primary N) is 2. The topological polar surface area (TPSA) is 134 Å². The monoisotopic (exact) mass is 543 g/mol. The SMILES string of the molecule is CCOC(=O)C1=C(C)NC(C)=C(C(=O)OCC(N)C(=O)[C@@H](N)CCSC)C1c1ccccc1C(F)(F)F. The summed E-state index contributed by atoms with van der Waals surface area (Å²) in [6.45, 7) is 3.98. The Balaban J connectivity index is 2.48. The van der Waals surface area contributed by atoms with Gasteiger partial charge >= 0.3 is 18.1 Å². The molecule has 0 bridgehead atoms. The first-order chi connectivity index (χ1) is 17.3. The van der Waals surface area contributed by atoms with Crippen molar-refractivity contribution in [3.63, 3.8) is 0 Å². The highest BCUT2D eigenvalue weighted by Gasteiger charge is 2.43. The molecule has 2 rings (SSSR count). The molecule has 0 fully saturated rings. The number of hydrogen-bond acceptors (Lipinski definition) is 9. The number of nitrogens with one attached hydrogen (secondary N) is 1. The van der Waals surface area contributed by atoms with E-state index in [1.807, 2.05) is 6.26 Å². The number of benzene rings is 1. The van der Waals surface area contributed by atoms with Gasteiger partial charge in [-0.25, -0.2) is 9.59 Å². The van der Waals surface area contributed by atoms with Crippen molar-refractivity contribution in [2.24, 2.45) is 11.5 Å². The summed E-state index contributed by atoms with van der Waals surface area (Å²) >= 11 is 1.51. The Morgan fingerprint density at radius 1 is 1.03 bits per heavy atom. The van der Waals surface area contributed by atoms with E-state index in [9.17, 15) is 27.6 Å². The summed E-state index contributed by atoms with van der Waals surface area (Å²) in [4.78, 5) is 38.6. The zero-order valence-electron chi connectivity index (χ0n) is 21.1. The molecule has 1 aromatic rings. The molecule has 2 unspecified atom stereocenters. The summed E-state index contributed by atoms with van der Waals surface area (Å²) < 4.78 is 52.3. The average molecular weight is 544 g/mol. The Bertz CT molecular complexity index is 1090. The zero-order valence-corrected chi connectivity index (χ0v) is 21.9. The largest absolute Gasteiger partial charge is 0.463 e. The van der Waals surface area contributed by atoms with E-state index in [2.05, 4.69) is 5.32 Å². The maximum atomic E-state index is 14.0. The number of alkyl halides is 3. The predicted octanol–water partition coefficient (Wildman–Crippen LogP) is 3.02. The minimum atomic E-state index is -4.76. The smallest absolute Gasteiger partial charge is 0.416 e. The number of ketones is 1. The average Bonchev–Trinajstić information content (AvgIpc) is 2.84. The second kappa shape index (κ2) is 13.1. The van der Waals surface area contributed by atoms with E-state index in [4.69, 9.17) is 20.9 Å². The van der Waals surface area contributed by atoms with E-state index in [0.717, 1.165) is 6.07 Å². The van der Waals surface area contributed by atoms with Crippen LogP contribution in [0.3, 0.4) is 0 Å². The number of carbonyl (C=O) groups excluding carboxylic acids is 3. The van der Waals surface area contributed by atoms with Gasteiger partial charge in [0.25, 0.3) is 0 Å². The molecule has 0 saturated heterocycles. The lowest BCUT2D eigenvalue weighted by molar-refractivity contribution is -0.142. The first kappa shape index (κ1) is 30.4. The van der Waals surface area contributed by atoms with Crippen molar-refractivity contribution in [2.45, 2.75) is 51.4 Å². The molecule has 1 aliphatic rings. The number of hydrogen-bond donors (Lipinski definition) is 3. The van der Waals surface area contributed by atoms with Crippen LogP contribution in [-0.2, 0) is 30.0 Å². The van der Waals surface area contributed by atoms with Crippen molar-refractivity contribution >= 4 is 29.5 Å². The predicted molar refractivity (Wildman–Crippen MR) is 134 cm³/mol. The van der Waals surface area contributed by atoms with E-state index in [0.29, 0.717) is 12.2 Å². The summed E-state index contributed by atoms with van der Waals surface area (Å²) in [5, 5.41) is 2.87. The first-order valence-electron chi connectivity index (χ1n) is 11.6. The number of allylic oxidation sites excluding steroid dienone is 2. The fourth-order valence-electron chi connectivity index (χ4n) is 4.05. The van der Waals surface area contributed by atoms with Crippen molar-refractivity contribution in [3.8, 4) is 0 Å². The van der Waals surface area contributed by atoms with Gasteiger partial charge < -0.3 is 26.3 Å². The second-order valence-electron chi connectivity index (χ2n) is 8.44. The standard InChI is InChI=1S/C25H32F3N3O5S/c1-5-35-23(33)19-13(2)31-14(3)20(21(19)15-8-6-7-9-16(15)25(26,27)28)24(34)36-12-18(30)22(32)17(29)10-11-37-4/h6-9,17-18,21,31H,5,10-12,29-30H2,1-4H3/t17-,18?,21?/m0/s1. The lowest BCUT2D eigenvalue weighted by Gasteiger charge is -2.32. The van der Waals surface area contributed by atoms with Gasteiger partial charge in [-0.05, 0) is 50.8 Å². The molecule has 0 amide bonds. The van der Waals surface area contributed by atoms with Gasteiger partial charge in [0.1, 0.15) is 6.61 Å². The van der Waals surface area contributed by atoms with E-state index in [-0.39, 0.29) is 34.7 Å². The van der Waals surface area contributed by atoms with Crippen LogP contribution in [0.5, 0.6) is 0 Å². The number of halogens is 3. The third-order valence-corrected chi connectivity index (χ3v) is 6.45. The van der Waals surface area contributed by atoms with Crippen molar-refractivity contribution < 1.29 is 37.0 Å². The Kier molecular flexibility index (Phi) is 10.8. The maximum Gasteiger partial charge on any atom is 0.416 e.